The summed E-state index contributed by atoms with van der Waals surface area (Å²) in [6.45, 7) is 0.474. The van der Waals surface area contributed by atoms with Crippen LogP contribution in [0.4, 0.5) is 4.79 Å². The van der Waals surface area contributed by atoms with E-state index in [0.29, 0.717) is 6.54 Å². The molecule has 1 aliphatic heterocycles. The Bertz CT molecular complexity index is 612. The van der Waals surface area contributed by atoms with Crippen LogP contribution in [0.3, 0.4) is 0 Å². The first-order chi connectivity index (χ1) is 10.2. The normalized spacial score (nSPS) is 17.1. The standard InChI is InChI=1S/C16H18N2O2S/c1-18(11-12-5-4-9-20-12)16(19)17-14-8-10-21-15-7-3-2-6-13(14)15/h2-7,9,14H,8,10-11H2,1H3,(H,17,19). The summed E-state index contributed by atoms with van der Waals surface area (Å²) in [7, 11) is 1.78. The highest BCUT2D eigenvalue weighted by molar-refractivity contribution is 7.99. The van der Waals surface area contributed by atoms with Crippen molar-refractivity contribution >= 4 is 17.8 Å². The second-order valence-corrected chi connectivity index (χ2v) is 6.25. The van der Waals surface area contributed by atoms with Gasteiger partial charge in [-0.1, -0.05) is 18.2 Å². The smallest absolute Gasteiger partial charge is 0.318 e. The molecule has 5 heteroatoms. The molecule has 0 radical (unpaired) electrons. The van der Waals surface area contributed by atoms with Gasteiger partial charge in [0.25, 0.3) is 0 Å². The molecule has 1 aliphatic rings. The zero-order valence-corrected chi connectivity index (χ0v) is 12.7. The fraction of sp³-hybridized carbons (Fsp3) is 0.312. The maximum Gasteiger partial charge on any atom is 0.318 e. The monoisotopic (exact) mass is 302 g/mol. The summed E-state index contributed by atoms with van der Waals surface area (Å²) in [5.41, 5.74) is 1.22. The van der Waals surface area contributed by atoms with E-state index in [4.69, 9.17) is 4.42 Å². The number of fused-ring (bicyclic) bond motifs is 1. The number of hydrogen-bond acceptors (Lipinski definition) is 3. The number of benzene rings is 1. The molecular weight excluding hydrogens is 284 g/mol. The molecule has 0 spiro atoms. The van der Waals surface area contributed by atoms with Crippen molar-refractivity contribution in [1.82, 2.24) is 10.2 Å². The number of hydrogen-bond donors (Lipinski definition) is 1. The number of urea groups is 1. The third kappa shape index (κ3) is 3.24. The number of thioether (sulfide) groups is 1. The summed E-state index contributed by atoms with van der Waals surface area (Å²) in [6.07, 6.45) is 2.58. The van der Waals surface area contributed by atoms with Gasteiger partial charge in [0, 0.05) is 17.7 Å². The molecular formula is C16H18N2O2S. The topological polar surface area (TPSA) is 45.5 Å². The van der Waals surface area contributed by atoms with Gasteiger partial charge in [0.1, 0.15) is 5.76 Å². The van der Waals surface area contributed by atoms with E-state index in [2.05, 4.69) is 17.4 Å². The van der Waals surface area contributed by atoms with E-state index in [-0.39, 0.29) is 12.1 Å². The van der Waals surface area contributed by atoms with Gasteiger partial charge in [0.15, 0.2) is 0 Å². The highest BCUT2D eigenvalue weighted by Gasteiger charge is 2.23. The summed E-state index contributed by atoms with van der Waals surface area (Å²) in [6, 6.07) is 12.0. The summed E-state index contributed by atoms with van der Waals surface area (Å²) in [4.78, 5) is 15.2. The van der Waals surface area contributed by atoms with Crippen molar-refractivity contribution in [3.05, 3.63) is 54.0 Å². The Morgan fingerprint density at radius 1 is 1.38 bits per heavy atom. The van der Waals surface area contributed by atoms with Crippen molar-refractivity contribution in [2.45, 2.75) is 23.9 Å². The van der Waals surface area contributed by atoms with Crippen LogP contribution in [0.25, 0.3) is 0 Å². The maximum atomic E-state index is 12.3. The van der Waals surface area contributed by atoms with Gasteiger partial charge >= 0.3 is 6.03 Å². The second-order valence-electron chi connectivity index (χ2n) is 5.11. The molecule has 4 nitrogen and oxygen atoms in total. The van der Waals surface area contributed by atoms with Gasteiger partial charge in [0.2, 0.25) is 0 Å². The first kappa shape index (κ1) is 14.1. The fourth-order valence-corrected chi connectivity index (χ4v) is 3.58. The van der Waals surface area contributed by atoms with Crippen LogP contribution in [0.15, 0.2) is 52.0 Å². The van der Waals surface area contributed by atoms with E-state index >= 15 is 0 Å². The van der Waals surface area contributed by atoms with Crippen molar-refractivity contribution in [2.24, 2.45) is 0 Å². The van der Waals surface area contributed by atoms with Gasteiger partial charge in [-0.15, -0.1) is 11.8 Å². The zero-order chi connectivity index (χ0) is 14.7. The Labute approximate surface area is 128 Å². The highest BCUT2D eigenvalue weighted by Crippen LogP contribution is 2.35. The molecule has 1 atom stereocenters. The number of carbonyl (C=O) groups is 1. The maximum absolute atomic E-state index is 12.3. The highest BCUT2D eigenvalue weighted by atomic mass is 32.2. The number of rotatable bonds is 3. The Morgan fingerprint density at radius 2 is 2.24 bits per heavy atom. The molecule has 0 saturated heterocycles. The third-order valence-electron chi connectivity index (χ3n) is 3.58. The molecule has 110 valence electrons. The zero-order valence-electron chi connectivity index (χ0n) is 11.9. The minimum Gasteiger partial charge on any atom is -0.467 e. The lowest BCUT2D eigenvalue weighted by molar-refractivity contribution is 0.198. The summed E-state index contributed by atoms with van der Waals surface area (Å²) < 4.78 is 5.28. The van der Waals surface area contributed by atoms with Gasteiger partial charge in [0.05, 0.1) is 18.8 Å². The van der Waals surface area contributed by atoms with Crippen LogP contribution in [0.5, 0.6) is 0 Å². The third-order valence-corrected chi connectivity index (χ3v) is 4.70. The SMILES string of the molecule is CN(Cc1ccco1)C(=O)NC1CCSc2ccccc21. The molecule has 0 saturated carbocycles. The molecule has 0 bridgehead atoms. The number of furan rings is 1. The Kier molecular flexibility index (Phi) is 4.20. The van der Waals surface area contributed by atoms with Crippen LogP contribution in [0.2, 0.25) is 0 Å². The van der Waals surface area contributed by atoms with Gasteiger partial charge in [-0.2, -0.15) is 0 Å². The molecule has 1 unspecified atom stereocenters. The number of amides is 2. The van der Waals surface area contributed by atoms with Crippen molar-refractivity contribution < 1.29 is 9.21 Å². The van der Waals surface area contributed by atoms with Crippen LogP contribution in [0.1, 0.15) is 23.8 Å². The van der Waals surface area contributed by atoms with Crippen molar-refractivity contribution in [1.29, 1.82) is 0 Å². The molecule has 0 fully saturated rings. The molecule has 1 N–H and O–H groups in total. The molecule has 2 aromatic rings. The van der Waals surface area contributed by atoms with Crippen molar-refractivity contribution in [2.75, 3.05) is 12.8 Å². The van der Waals surface area contributed by atoms with Crippen LogP contribution in [-0.2, 0) is 6.54 Å². The predicted octanol–water partition coefficient (Wildman–Crippen LogP) is 3.66. The lowest BCUT2D eigenvalue weighted by Gasteiger charge is -2.28. The average molecular weight is 302 g/mol. The predicted molar refractivity (Wildman–Crippen MR) is 83.2 cm³/mol. The lowest BCUT2D eigenvalue weighted by Crippen LogP contribution is -2.39. The van der Waals surface area contributed by atoms with E-state index in [1.807, 2.05) is 36.0 Å². The quantitative estimate of drug-likeness (QED) is 0.941. The Balaban J connectivity index is 1.65. The van der Waals surface area contributed by atoms with E-state index in [9.17, 15) is 4.79 Å². The molecule has 21 heavy (non-hydrogen) atoms. The molecule has 3 rings (SSSR count). The van der Waals surface area contributed by atoms with E-state index in [0.717, 1.165) is 17.9 Å². The van der Waals surface area contributed by atoms with Crippen molar-refractivity contribution in [3.63, 3.8) is 0 Å². The number of nitrogens with zero attached hydrogens (tertiary/aromatic N) is 1. The molecule has 2 heterocycles. The molecule has 1 aromatic heterocycles. The van der Waals surface area contributed by atoms with Crippen molar-refractivity contribution in [3.8, 4) is 0 Å². The summed E-state index contributed by atoms with van der Waals surface area (Å²) >= 11 is 1.85. The molecule has 1 aromatic carbocycles. The van der Waals surface area contributed by atoms with Gasteiger partial charge < -0.3 is 14.6 Å². The first-order valence-electron chi connectivity index (χ1n) is 7.00. The Morgan fingerprint density at radius 3 is 3.05 bits per heavy atom. The average Bonchev–Trinajstić information content (AvgIpc) is 3.00. The van der Waals surface area contributed by atoms with Gasteiger partial charge in [-0.05, 0) is 30.2 Å². The van der Waals surface area contributed by atoms with Crippen LogP contribution in [-0.4, -0.2) is 23.7 Å². The second kappa shape index (κ2) is 6.26. The lowest BCUT2D eigenvalue weighted by atomic mass is 10.0. The number of nitrogens with one attached hydrogen (secondary N) is 1. The van der Waals surface area contributed by atoms with Gasteiger partial charge in [-0.3, -0.25) is 0 Å². The molecule has 2 amide bonds. The van der Waals surface area contributed by atoms with Crippen LogP contribution in [0, 0.1) is 0 Å². The fourth-order valence-electron chi connectivity index (χ4n) is 2.46. The number of carbonyl (C=O) groups excluding carboxylic acids is 1. The minimum absolute atomic E-state index is 0.0712. The first-order valence-corrected chi connectivity index (χ1v) is 7.98. The Hall–Kier alpha value is -1.88. The van der Waals surface area contributed by atoms with Gasteiger partial charge in [-0.25, -0.2) is 4.79 Å². The van der Waals surface area contributed by atoms with Crippen LogP contribution >= 0.6 is 11.8 Å². The molecule has 0 aliphatic carbocycles. The summed E-state index contributed by atoms with van der Waals surface area (Å²) in [5.74, 6) is 1.82. The van der Waals surface area contributed by atoms with E-state index in [1.54, 1.807) is 18.2 Å². The summed E-state index contributed by atoms with van der Waals surface area (Å²) in [5, 5.41) is 3.12. The largest absolute Gasteiger partial charge is 0.467 e. The van der Waals surface area contributed by atoms with E-state index in [1.165, 1.54) is 10.5 Å². The minimum atomic E-state index is -0.0712. The van der Waals surface area contributed by atoms with Crippen LogP contribution < -0.4 is 5.32 Å². The van der Waals surface area contributed by atoms with E-state index < -0.39 is 0 Å².